The molecule has 5 aromatic rings. The van der Waals surface area contributed by atoms with Gasteiger partial charge in [-0.15, -0.1) is 8.79 Å². The summed E-state index contributed by atoms with van der Waals surface area (Å²) in [6.45, 7) is 2.18. The largest absolute Gasteiger partial charge is 0.455 e. The zero-order valence-electron chi connectivity index (χ0n) is 18.9. The number of para-hydroxylation sites is 2. The van der Waals surface area contributed by atoms with E-state index in [4.69, 9.17) is 4.74 Å². The first kappa shape index (κ1) is 21.2. The lowest BCUT2D eigenvalue weighted by Crippen LogP contribution is -2.40. The molecule has 0 fully saturated rings. The quantitative estimate of drug-likeness (QED) is 0.214. The maximum Gasteiger partial charge on any atom is 0.153 e. The molecule has 1 atom stereocenters. The lowest BCUT2D eigenvalue weighted by atomic mass is 9.64. The normalized spacial score (nSPS) is 13.6. The fourth-order valence-corrected chi connectivity index (χ4v) is 7.12. The Morgan fingerprint density at radius 2 is 1.24 bits per heavy atom. The number of aromatic nitrogens is 1. The molecule has 0 saturated heterocycles. The summed E-state index contributed by atoms with van der Waals surface area (Å²) in [7, 11) is 3.50. The second-order valence-corrected chi connectivity index (χ2v) is 10.2. The Kier molecular flexibility index (Phi) is 5.25. The Bertz CT molecular complexity index is 1420. The number of ether oxygens (including phenoxy) is 1. The molecule has 34 heavy (non-hydrogen) atoms. The molecule has 1 unspecified atom stereocenters. The van der Waals surface area contributed by atoms with E-state index < -0.39 is 5.41 Å². The van der Waals surface area contributed by atoms with Gasteiger partial charge in [-0.25, -0.2) is 0 Å². The molecule has 0 spiro atoms. The van der Waals surface area contributed by atoms with Gasteiger partial charge in [0.25, 0.3) is 0 Å². The Morgan fingerprint density at radius 3 is 1.82 bits per heavy atom. The van der Waals surface area contributed by atoms with Crippen LogP contribution in [0, 0.1) is 6.92 Å². The van der Waals surface area contributed by atoms with Gasteiger partial charge < -0.3 is 9.30 Å². The van der Waals surface area contributed by atoms with E-state index in [0.717, 1.165) is 22.9 Å². The van der Waals surface area contributed by atoms with Crippen molar-refractivity contribution in [3.05, 3.63) is 143 Å². The molecule has 164 valence electrons. The molecule has 0 N–H and O–H groups in total. The molecular formula is C30H24NOPSi. The summed E-state index contributed by atoms with van der Waals surface area (Å²) in [4.78, 5) is 0. The lowest BCUT2D eigenvalue weighted by molar-refractivity contribution is 0.434. The van der Waals surface area contributed by atoms with Crippen molar-refractivity contribution >= 4 is 23.3 Å². The smallest absolute Gasteiger partial charge is 0.153 e. The van der Waals surface area contributed by atoms with Gasteiger partial charge in [0.05, 0.1) is 11.1 Å². The minimum absolute atomic E-state index is 0.490. The summed E-state index contributed by atoms with van der Waals surface area (Å²) in [6, 6.07) is 40.9. The maximum atomic E-state index is 6.73. The number of benzene rings is 4. The van der Waals surface area contributed by atoms with Crippen LogP contribution in [0.15, 0.2) is 115 Å². The van der Waals surface area contributed by atoms with Crippen LogP contribution in [0.2, 0.25) is 0 Å². The van der Waals surface area contributed by atoms with Gasteiger partial charge in [-0.3, -0.25) is 0 Å². The van der Waals surface area contributed by atoms with Crippen molar-refractivity contribution in [3.63, 3.8) is 0 Å². The highest BCUT2D eigenvalue weighted by atomic mass is 31.3. The third-order valence-corrected chi connectivity index (χ3v) is 8.36. The molecule has 2 radical (unpaired) electrons. The highest BCUT2D eigenvalue weighted by molar-refractivity contribution is 7.58. The van der Waals surface area contributed by atoms with Crippen molar-refractivity contribution in [3.8, 4) is 17.2 Å². The van der Waals surface area contributed by atoms with Crippen LogP contribution in [0.25, 0.3) is 5.69 Å². The van der Waals surface area contributed by atoms with E-state index in [2.05, 4.69) is 136 Å². The topological polar surface area (TPSA) is 14.2 Å². The van der Waals surface area contributed by atoms with E-state index in [1.165, 1.54) is 27.6 Å². The molecular weight excluding hydrogens is 449 g/mol. The fourth-order valence-electron chi connectivity index (χ4n) is 5.43. The predicted octanol–water partition coefficient (Wildman–Crippen LogP) is 6.39. The van der Waals surface area contributed by atoms with Crippen LogP contribution >= 0.6 is 8.79 Å². The van der Waals surface area contributed by atoms with Gasteiger partial charge in [-0.2, -0.15) is 0 Å². The van der Waals surface area contributed by atoms with E-state index in [1.807, 2.05) is 0 Å². The maximum absolute atomic E-state index is 6.73. The Balaban J connectivity index is 1.82. The number of hydrogen-bond acceptors (Lipinski definition) is 1. The second-order valence-electron chi connectivity index (χ2n) is 8.53. The summed E-state index contributed by atoms with van der Waals surface area (Å²) < 4.78 is 9.10. The van der Waals surface area contributed by atoms with Crippen LogP contribution in [-0.4, -0.2) is 13.8 Å². The van der Waals surface area contributed by atoms with Gasteiger partial charge in [0.1, 0.15) is 14.9 Å². The van der Waals surface area contributed by atoms with Gasteiger partial charge >= 0.3 is 0 Å². The van der Waals surface area contributed by atoms with Crippen molar-refractivity contribution in [2.75, 3.05) is 0 Å². The third-order valence-electron chi connectivity index (χ3n) is 6.79. The summed E-state index contributed by atoms with van der Waals surface area (Å²) in [5, 5.41) is 1.27. The molecule has 1 aromatic heterocycles. The van der Waals surface area contributed by atoms with E-state index in [9.17, 15) is 0 Å². The first-order chi connectivity index (χ1) is 16.8. The van der Waals surface area contributed by atoms with E-state index in [-0.39, 0.29) is 0 Å². The molecule has 0 aliphatic carbocycles. The average Bonchev–Trinajstić information content (AvgIpc) is 3.20. The summed E-state index contributed by atoms with van der Waals surface area (Å²) in [5.41, 5.74) is 6.68. The van der Waals surface area contributed by atoms with Gasteiger partial charge in [0, 0.05) is 22.1 Å². The zero-order chi connectivity index (χ0) is 23.1. The molecule has 0 bridgehead atoms. The number of fused-ring (bicyclic) bond motifs is 2. The predicted molar refractivity (Wildman–Crippen MR) is 144 cm³/mol. The van der Waals surface area contributed by atoms with Crippen molar-refractivity contribution in [2.45, 2.75) is 12.3 Å². The Hall–Kier alpha value is -3.39. The van der Waals surface area contributed by atoms with E-state index >= 15 is 0 Å². The molecule has 4 heteroatoms. The zero-order valence-corrected chi connectivity index (χ0v) is 21.1. The number of rotatable bonds is 4. The molecule has 2 nitrogen and oxygen atoms in total. The van der Waals surface area contributed by atoms with Crippen molar-refractivity contribution in [2.24, 2.45) is 0 Å². The van der Waals surface area contributed by atoms with Gasteiger partial charge in [0.15, 0.2) is 5.75 Å². The summed E-state index contributed by atoms with van der Waals surface area (Å²) in [5.74, 6) is 1.87. The van der Waals surface area contributed by atoms with Gasteiger partial charge in [0.2, 0.25) is 0 Å². The Morgan fingerprint density at radius 1 is 0.706 bits per heavy atom. The molecule has 4 aromatic carbocycles. The molecule has 6 rings (SSSR count). The first-order valence-electron chi connectivity index (χ1n) is 11.4. The highest BCUT2D eigenvalue weighted by Gasteiger charge is 2.48. The van der Waals surface area contributed by atoms with Crippen molar-refractivity contribution in [1.82, 2.24) is 4.57 Å². The number of hydrogen-bond donors (Lipinski definition) is 0. The Labute approximate surface area is 205 Å². The van der Waals surface area contributed by atoms with Crippen LogP contribution in [0.4, 0.5) is 0 Å². The number of nitrogens with zero attached hydrogens (tertiary/aromatic N) is 1. The van der Waals surface area contributed by atoms with Crippen LogP contribution in [0.3, 0.4) is 0 Å². The van der Waals surface area contributed by atoms with E-state index in [0.29, 0.717) is 9.19 Å². The summed E-state index contributed by atoms with van der Waals surface area (Å²) >= 11 is 0. The van der Waals surface area contributed by atoms with Crippen LogP contribution in [-0.2, 0) is 5.41 Å². The SMILES string of the molecule is Cc1c2c(c([Si]P)n1-c1ccccc1)C(c1ccccc1)(c1ccccc1)c1ccccc1O2. The van der Waals surface area contributed by atoms with Gasteiger partial charge in [-0.05, 0) is 36.2 Å². The monoisotopic (exact) mass is 473 g/mol. The van der Waals surface area contributed by atoms with Crippen molar-refractivity contribution < 1.29 is 4.74 Å². The lowest BCUT2D eigenvalue weighted by Gasteiger charge is -2.41. The molecule has 1 aliphatic heterocycles. The van der Waals surface area contributed by atoms with Crippen molar-refractivity contribution in [1.29, 1.82) is 0 Å². The fraction of sp³-hybridized carbons (Fsp3) is 0.0667. The second kappa shape index (κ2) is 8.43. The minimum Gasteiger partial charge on any atom is -0.455 e. The van der Waals surface area contributed by atoms with Crippen LogP contribution in [0.1, 0.15) is 27.9 Å². The first-order valence-corrected chi connectivity index (χ1v) is 14.2. The van der Waals surface area contributed by atoms with Crippen LogP contribution in [0.5, 0.6) is 11.5 Å². The third kappa shape index (κ3) is 2.98. The molecule has 2 heterocycles. The minimum atomic E-state index is -0.490. The molecule has 0 saturated carbocycles. The average molecular weight is 474 g/mol. The van der Waals surface area contributed by atoms with Gasteiger partial charge in [-0.1, -0.05) is 97.1 Å². The molecule has 1 aliphatic rings. The van der Waals surface area contributed by atoms with Crippen LogP contribution < -0.4 is 10.1 Å². The van der Waals surface area contributed by atoms with E-state index in [1.54, 1.807) is 0 Å². The standard InChI is InChI=1S/C30H24NOPSi/c1-21-28-27(29(34-33)31(21)24-17-9-4-10-18-24)30(22-13-5-2-6-14-22,23-15-7-3-8-16-23)25-19-11-12-20-26(25)32-28/h2-20H,33H2,1H3. The summed E-state index contributed by atoms with van der Waals surface area (Å²) in [6.07, 6.45) is 0. The molecule has 0 amide bonds. The highest BCUT2D eigenvalue weighted by Crippen LogP contribution is 2.56.